The van der Waals surface area contributed by atoms with Gasteiger partial charge in [0.1, 0.15) is 23.0 Å². The van der Waals surface area contributed by atoms with Gasteiger partial charge in [-0.05, 0) is 37.1 Å². The molecule has 0 spiro atoms. The molecule has 6 heteroatoms. The zero-order valence-corrected chi connectivity index (χ0v) is 14.4. The van der Waals surface area contributed by atoms with Crippen molar-refractivity contribution in [3.63, 3.8) is 0 Å². The van der Waals surface area contributed by atoms with Gasteiger partial charge in [-0.2, -0.15) is 0 Å². The Morgan fingerprint density at radius 1 is 1.24 bits per heavy atom. The third-order valence-corrected chi connectivity index (χ3v) is 3.98. The van der Waals surface area contributed by atoms with Crippen molar-refractivity contribution in [2.24, 2.45) is 0 Å². The molecule has 0 heterocycles. The number of amides is 1. The van der Waals surface area contributed by atoms with E-state index < -0.39 is 17.2 Å². The predicted molar refractivity (Wildman–Crippen MR) is 90.4 cm³/mol. The van der Waals surface area contributed by atoms with Crippen molar-refractivity contribution >= 4 is 5.91 Å². The Hall–Kier alpha value is -2.47. The first-order chi connectivity index (χ1) is 11.7. The minimum atomic E-state index is -1.65. The number of carbonyl (C=O) groups is 1. The molecule has 0 radical (unpaired) electrons. The van der Waals surface area contributed by atoms with E-state index in [1.165, 1.54) is 13.0 Å². The molecule has 2 aromatic rings. The Bertz CT molecular complexity index is 775. The molecule has 0 saturated carbocycles. The highest BCUT2D eigenvalue weighted by atomic mass is 19.1. The van der Waals surface area contributed by atoms with E-state index in [4.69, 9.17) is 4.74 Å². The summed E-state index contributed by atoms with van der Waals surface area (Å²) >= 11 is 0. The minimum Gasteiger partial charge on any atom is -0.496 e. The molecule has 1 amide bonds. The molecule has 134 valence electrons. The maximum absolute atomic E-state index is 13.8. The number of carbonyl (C=O) groups excluding carboxylic acids is 1. The van der Waals surface area contributed by atoms with Crippen molar-refractivity contribution in [2.45, 2.75) is 25.9 Å². The predicted octanol–water partition coefficient (Wildman–Crippen LogP) is 2.85. The fourth-order valence-electron chi connectivity index (χ4n) is 2.51. The number of rotatable bonds is 6. The lowest BCUT2D eigenvalue weighted by Gasteiger charge is -2.24. The van der Waals surface area contributed by atoms with Crippen molar-refractivity contribution in [2.75, 3.05) is 13.7 Å². The van der Waals surface area contributed by atoms with Crippen molar-refractivity contribution in [1.29, 1.82) is 0 Å². The molecule has 1 atom stereocenters. The van der Waals surface area contributed by atoms with Gasteiger partial charge in [-0.3, -0.25) is 4.79 Å². The number of methoxy groups -OCH3 is 1. The Balaban J connectivity index is 2.01. The van der Waals surface area contributed by atoms with Crippen molar-refractivity contribution in [1.82, 2.24) is 5.32 Å². The smallest absolute Gasteiger partial charge is 0.224 e. The zero-order valence-electron chi connectivity index (χ0n) is 14.4. The molecule has 0 aliphatic rings. The van der Waals surface area contributed by atoms with Gasteiger partial charge in [0.05, 0.1) is 20.1 Å². The number of hydrogen-bond donors (Lipinski definition) is 2. The fourth-order valence-corrected chi connectivity index (χ4v) is 2.51. The normalized spacial score (nSPS) is 13.2. The average Bonchev–Trinajstić information content (AvgIpc) is 2.54. The van der Waals surface area contributed by atoms with Crippen LogP contribution in [0.5, 0.6) is 5.75 Å². The standard InChI is InChI=1S/C19H21F2NO3/c1-12-4-5-13(8-17(12)25-3)9-18(23)22-11-19(2,24)15-7-6-14(20)10-16(15)21/h4-8,10,24H,9,11H2,1-3H3,(H,22,23)/t19-/m0/s1. The summed E-state index contributed by atoms with van der Waals surface area (Å²) in [5.74, 6) is -1.23. The summed E-state index contributed by atoms with van der Waals surface area (Å²) in [5, 5.41) is 13.0. The van der Waals surface area contributed by atoms with Gasteiger partial charge in [0, 0.05) is 11.6 Å². The molecule has 2 aromatic carbocycles. The Morgan fingerprint density at radius 3 is 2.60 bits per heavy atom. The number of aryl methyl sites for hydroxylation is 1. The lowest BCUT2D eigenvalue weighted by Crippen LogP contribution is -2.39. The molecule has 2 N–H and O–H groups in total. The highest BCUT2D eigenvalue weighted by Crippen LogP contribution is 2.24. The maximum Gasteiger partial charge on any atom is 0.224 e. The first-order valence-corrected chi connectivity index (χ1v) is 7.81. The molecular formula is C19H21F2NO3. The molecule has 0 aliphatic heterocycles. The van der Waals surface area contributed by atoms with Crippen LogP contribution in [0.25, 0.3) is 0 Å². The molecular weight excluding hydrogens is 328 g/mol. The Labute approximate surface area is 145 Å². The van der Waals surface area contributed by atoms with Gasteiger partial charge in [-0.15, -0.1) is 0 Å². The minimum absolute atomic E-state index is 0.0776. The molecule has 0 saturated heterocycles. The van der Waals surface area contributed by atoms with Crippen LogP contribution in [0, 0.1) is 18.6 Å². The van der Waals surface area contributed by atoms with E-state index >= 15 is 0 Å². The monoisotopic (exact) mass is 349 g/mol. The van der Waals surface area contributed by atoms with Gasteiger partial charge in [-0.25, -0.2) is 8.78 Å². The summed E-state index contributed by atoms with van der Waals surface area (Å²) < 4.78 is 32.0. The van der Waals surface area contributed by atoms with Crippen LogP contribution >= 0.6 is 0 Å². The summed E-state index contributed by atoms with van der Waals surface area (Å²) in [6, 6.07) is 8.37. The van der Waals surface area contributed by atoms with Crippen LogP contribution in [0.4, 0.5) is 8.78 Å². The van der Waals surface area contributed by atoms with Crippen LogP contribution in [0.1, 0.15) is 23.6 Å². The Kier molecular flexibility index (Phi) is 5.74. The van der Waals surface area contributed by atoms with E-state index in [0.29, 0.717) is 11.8 Å². The summed E-state index contributed by atoms with van der Waals surface area (Å²) in [6.45, 7) is 3.06. The second-order valence-electron chi connectivity index (χ2n) is 6.16. The number of ether oxygens (including phenoxy) is 1. The van der Waals surface area contributed by atoms with Crippen molar-refractivity contribution in [3.05, 3.63) is 64.7 Å². The molecule has 0 aliphatic carbocycles. The van der Waals surface area contributed by atoms with E-state index in [1.807, 2.05) is 19.1 Å². The van der Waals surface area contributed by atoms with Crippen LogP contribution in [-0.4, -0.2) is 24.7 Å². The second kappa shape index (κ2) is 7.61. The first-order valence-electron chi connectivity index (χ1n) is 7.81. The van der Waals surface area contributed by atoms with Gasteiger partial charge >= 0.3 is 0 Å². The third kappa shape index (κ3) is 4.76. The molecule has 2 rings (SSSR count). The quantitative estimate of drug-likeness (QED) is 0.843. The molecule has 4 nitrogen and oxygen atoms in total. The fraction of sp³-hybridized carbons (Fsp3) is 0.316. The Morgan fingerprint density at radius 2 is 1.96 bits per heavy atom. The molecule has 0 fully saturated rings. The van der Waals surface area contributed by atoms with Crippen LogP contribution < -0.4 is 10.1 Å². The van der Waals surface area contributed by atoms with Gasteiger partial charge in [0.2, 0.25) is 5.91 Å². The second-order valence-corrected chi connectivity index (χ2v) is 6.16. The van der Waals surface area contributed by atoms with E-state index in [-0.39, 0.29) is 24.4 Å². The largest absolute Gasteiger partial charge is 0.496 e. The topological polar surface area (TPSA) is 58.6 Å². The lowest BCUT2D eigenvalue weighted by molar-refractivity contribution is -0.121. The van der Waals surface area contributed by atoms with E-state index in [2.05, 4.69) is 5.32 Å². The number of nitrogens with one attached hydrogen (secondary N) is 1. The van der Waals surface area contributed by atoms with Crippen LogP contribution in [0.3, 0.4) is 0 Å². The number of hydrogen-bond acceptors (Lipinski definition) is 3. The van der Waals surface area contributed by atoms with Crippen LogP contribution in [0.2, 0.25) is 0 Å². The SMILES string of the molecule is COc1cc(CC(=O)NC[C@](C)(O)c2ccc(F)cc2F)ccc1C. The summed E-state index contributed by atoms with van der Waals surface area (Å²) in [4.78, 5) is 12.1. The molecule has 0 bridgehead atoms. The van der Waals surface area contributed by atoms with E-state index in [1.54, 1.807) is 13.2 Å². The van der Waals surface area contributed by atoms with Gasteiger partial charge in [0.15, 0.2) is 0 Å². The summed E-state index contributed by atoms with van der Waals surface area (Å²) in [7, 11) is 1.56. The molecule has 0 unspecified atom stereocenters. The van der Waals surface area contributed by atoms with Gasteiger partial charge < -0.3 is 15.2 Å². The zero-order chi connectivity index (χ0) is 18.6. The van der Waals surface area contributed by atoms with Crippen LogP contribution in [0.15, 0.2) is 36.4 Å². The van der Waals surface area contributed by atoms with E-state index in [0.717, 1.165) is 17.2 Å². The third-order valence-electron chi connectivity index (χ3n) is 3.98. The lowest BCUT2D eigenvalue weighted by atomic mass is 9.95. The number of halogens is 2. The van der Waals surface area contributed by atoms with Gasteiger partial charge in [-0.1, -0.05) is 18.2 Å². The summed E-state index contributed by atoms with van der Waals surface area (Å²) in [6.07, 6.45) is 0.0959. The summed E-state index contributed by atoms with van der Waals surface area (Å²) in [5.41, 5.74) is -0.0153. The first kappa shape index (κ1) is 18.9. The maximum atomic E-state index is 13.8. The van der Waals surface area contributed by atoms with Crippen molar-refractivity contribution in [3.8, 4) is 5.75 Å². The molecule has 25 heavy (non-hydrogen) atoms. The average molecular weight is 349 g/mol. The highest BCUT2D eigenvalue weighted by Gasteiger charge is 2.27. The molecule has 0 aromatic heterocycles. The van der Waals surface area contributed by atoms with Gasteiger partial charge in [0.25, 0.3) is 0 Å². The highest BCUT2D eigenvalue weighted by molar-refractivity contribution is 5.78. The van der Waals surface area contributed by atoms with Crippen molar-refractivity contribution < 1.29 is 23.4 Å². The number of benzene rings is 2. The number of aliphatic hydroxyl groups is 1. The van der Waals surface area contributed by atoms with E-state index in [9.17, 15) is 18.7 Å². The van der Waals surface area contributed by atoms with Crippen LogP contribution in [-0.2, 0) is 16.8 Å².